The van der Waals surface area contributed by atoms with Crippen molar-refractivity contribution in [1.29, 1.82) is 0 Å². The molecule has 0 atom stereocenters. The third-order valence-corrected chi connectivity index (χ3v) is 5.51. The molecule has 0 aliphatic heterocycles. The normalized spacial score (nSPS) is 12.9. The minimum absolute atomic E-state index is 0.115. The molecule has 0 aliphatic rings. The lowest BCUT2D eigenvalue weighted by Crippen LogP contribution is -2.39. The maximum Gasteiger partial charge on any atom is 0.247 e. The molecule has 0 aromatic carbocycles. The van der Waals surface area contributed by atoms with E-state index in [1.165, 1.54) is 10.4 Å². The van der Waals surface area contributed by atoms with Crippen molar-refractivity contribution in [1.82, 2.24) is 4.31 Å². The van der Waals surface area contributed by atoms with Gasteiger partial charge in [-0.15, -0.1) is 0 Å². The van der Waals surface area contributed by atoms with Crippen molar-refractivity contribution in [2.75, 3.05) is 6.54 Å². The van der Waals surface area contributed by atoms with Crippen molar-refractivity contribution < 1.29 is 12.8 Å². The van der Waals surface area contributed by atoms with Crippen LogP contribution in [0.15, 0.2) is 20.0 Å². The summed E-state index contributed by atoms with van der Waals surface area (Å²) < 4.78 is 32.3. The third-order valence-electron chi connectivity index (χ3n) is 2.62. The molecule has 0 saturated heterocycles. The molecule has 0 unspecified atom stereocenters. The van der Waals surface area contributed by atoms with Crippen LogP contribution in [0.2, 0.25) is 0 Å². The lowest BCUT2D eigenvalue weighted by atomic mass is 10.2. The van der Waals surface area contributed by atoms with Crippen LogP contribution >= 0.6 is 15.9 Å². The molecule has 1 rings (SSSR count). The van der Waals surface area contributed by atoms with Gasteiger partial charge in [0.15, 0.2) is 4.67 Å². The Labute approximate surface area is 123 Å². The zero-order valence-corrected chi connectivity index (χ0v) is 14.1. The molecule has 0 aliphatic carbocycles. The Morgan fingerprint density at radius 3 is 2.32 bits per heavy atom. The first-order chi connectivity index (χ1) is 8.70. The van der Waals surface area contributed by atoms with Gasteiger partial charge in [-0.2, -0.15) is 4.31 Å². The molecule has 0 radical (unpaired) electrons. The van der Waals surface area contributed by atoms with Crippen LogP contribution in [0.25, 0.3) is 0 Å². The Kier molecular flexibility index (Phi) is 5.61. The summed E-state index contributed by atoms with van der Waals surface area (Å²) in [6, 6.07) is 1.37. The van der Waals surface area contributed by atoms with E-state index in [4.69, 9.17) is 10.2 Å². The first-order valence-electron chi connectivity index (χ1n) is 6.20. The summed E-state index contributed by atoms with van der Waals surface area (Å²) in [6.07, 6.45) is 0. The number of halogens is 1. The number of nitrogens with zero attached hydrogens (tertiary/aromatic N) is 1. The maximum absolute atomic E-state index is 12.7. The highest BCUT2D eigenvalue weighted by molar-refractivity contribution is 9.10. The van der Waals surface area contributed by atoms with Crippen molar-refractivity contribution in [2.24, 2.45) is 11.7 Å². The zero-order chi connectivity index (χ0) is 14.8. The van der Waals surface area contributed by atoms with Crippen molar-refractivity contribution >= 4 is 26.0 Å². The van der Waals surface area contributed by atoms with Crippen LogP contribution in [0.3, 0.4) is 0 Å². The second-order valence-corrected chi connectivity index (χ2v) is 7.70. The Morgan fingerprint density at radius 2 is 1.95 bits per heavy atom. The van der Waals surface area contributed by atoms with Gasteiger partial charge < -0.3 is 10.2 Å². The minimum Gasteiger partial charge on any atom is -0.452 e. The lowest BCUT2D eigenvalue weighted by molar-refractivity contribution is 0.318. The molecule has 2 N–H and O–H groups in total. The highest BCUT2D eigenvalue weighted by atomic mass is 79.9. The summed E-state index contributed by atoms with van der Waals surface area (Å²) in [6.45, 7) is 8.33. The molecule has 1 aromatic rings. The predicted octanol–water partition coefficient (Wildman–Crippen LogP) is 2.56. The maximum atomic E-state index is 12.7. The molecular formula is C12H21BrN2O3S. The Hall–Kier alpha value is -0.370. The van der Waals surface area contributed by atoms with Crippen molar-refractivity contribution in [3.63, 3.8) is 0 Å². The van der Waals surface area contributed by atoms with E-state index in [0.29, 0.717) is 12.3 Å². The van der Waals surface area contributed by atoms with Crippen LogP contribution in [0.5, 0.6) is 0 Å². The molecule has 110 valence electrons. The van der Waals surface area contributed by atoms with Gasteiger partial charge in [0, 0.05) is 18.7 Å². The fourth-order valence-corrected chi connectivity index (χ4v) is 4.51. The third kappa shape index (κ3) is 3.81. The molecule has 0 bridgehead atoms. The summed E-state index contributed by atoms with van der Waals surface area (Å²) in [5.41, 5.74) is 5.47. The van der Waals surface area contributed by atoms with Gasteiger partial charge in [0.2, 0.25) is 10.0 Å². The van der Waals surface area contributed by atoms with Crippen LogP contribution in [-0.4, -0.2) is 25.3 Å². The largest absolute Gasteiger partial charge is 0.452 e. The molecule has 0 amide bonds. The van der Waals surface area contributed by atoms with Crippen LogP contribution in [-0.2, 0) is 16.6 Å². The summed E-state index contributed by atoms with van der Waals surface area (Å²) in [4.78, 5) is 0.141. The second kappa shape index (κ2) is 6.39. The number of sulfonamides is 1. The summed E-state index contributed by atoms with van der Waals surface area (Å²) in [5, 5.41) is 0. The van der Waals surface area contributed by atoms with E-state index in [2.05, 4.69) is 15.9 Å². The molecule has 19 heavy (non-hydrogen) atoms. The molecular weight excluding hydrogens is 332 g/mol. The zero-order valence-electron chi connectivity index (χ0n) is 11.7. The fourth-order valence-electron chi connectivity index (χ4n) is 1.75. The number of furan rings is 1. The summed E-state index contributed by atoms with van der Waals surface area (Å²) in [7, 11) is -3.58. The van der Waals surface area contributed by atoms with Crippen molar-refractivity contribution in [3.05, 3.63) is 16.5 Å². The van der Waals surface area contributed by atoms with Gasteiger partial charge in [0.05, 0.1) is 6.54 Å². The van der Waals surface area contributed by atoms with Gasteiger partial charge in [-0.1, -0.05) is 13.8 Å². The van der Waals surface area contributed by atoms with Crippen LogP contribution in [0.4, 0.5) is 0 Å². The molecule has 5 nitrogen and oxygen atoms in total. The molecule has 0 fully saturated rings. The predicted molar refractivity (Wildman–Crippen MR) is 78.2 cm³/mol. The number of hydrogen-bond acceptors (Lipinski definition) is 4. The average Bonchev–Trinajstić information content (AvgIpc) is 2.67. The van der Waals surface area contributed by atoms with E-state index in [9.17, 15) is 8.42 Å². The highest BCUT2D eigenvalue weighted by Gasteiger charge is 2.31. The van der Waals surface area contributed by atoms with E-state index in [1.54, 1.807) is 0 Å². The number of hydrogen-bond donors (Lipinski definition) is 1. The van der Waals surface area contributed by atoms with E-state index in [0.717, 1.165) is 0 Å². The number of nitrogens with two attached hydrogens (primary N) is 1. The molecule has 0 saturated carbocycles. The first-order valence-corrected chi connectivity index (χ1v) is 8.43. The lowest BCUT2D eigenvalue weighted by Gasteiger charge is -2.27. The number of rotatable bonds is 6. The SMILES string of the molecule is CC(C)CN(C(C)C)S(=O)(=O)c1cc(CN)oc1Br. The topological polar surface area (TPSA) is 76.5 Å². The minimum atomic E-state index is -3.58. The average molecular weight is 353 g/mol. The van der Waals surface area contributed by atoms with Gasteiger partial charge in [-0.05, 0) is 35.7 Å². The van der Waals surface area contributed by atoms with E-state index >= 15 is 0 Å². The smallest absolute Gasteiger partial charge is 0.247 e. The van der Waals surface area contributed by atoms with Crippen LogP contribution in [0.1, 0.15) is 33.5 Å². The van der Waals surface area contributed by atoms with Crippen LogP contribution < -0.4 is 5.73 Å². The molecule has 1 heterocycles. The molecule has 0 spiro atoms. The van der Waals surface area contributed by atoms with Gasteiger partial charge >= 0.3 is 0 Å². The standard InChI is InChI=1S/C12H21BrN2O3S/c1-8(2)7-15(9(3)4)19(16,17)11-5-10(6-14)18-12(11)13/h5,8-9H,6-7,14H2,1-4H3. The highest BCUT2D eigenvalue weighted by Crippen LogP contribution is 2.30. The Balaban J connectivity index is 3.22. The fraction of sp³-hybridized carbons (Fsp3) is 0.667. The Bertz CT molecular complexity index is 523. The van der Waals surface area contributed by atoms with Gasteiger partial charge in [0.1, 0.15) is 10.7 Å². The van der Waals surface area contributed by atoms with Crippen molar-refractivity contribution in [3.8, 4) is 0 Å². The first kappa shape index (κ1) is 16.7. The van der Waals surface area contributed by atoms with Crippen molar-refractivity contribution in [2.45, 2.75) is 45.2 Å². The van der Waals surface area contributed by atoms with E-state index in [-0.39, 0.29) is 28.1 Å². The van der Waals surface area contributed by atoms with Gasteiger partial charge in [0.25, 0.3) is 0 Å². The van der Waals surface area contributed by atoms with Gasteiger partial charge in [-0.3, -0.25) is 0 Å². The Morgan fingerprint density at radius 1 is 1.37 bits per heavy atom. The quantitative estimate of drug-likeness (QED) is 0.853. The molecule has 1 aromatic heterocycles. The van der Waals surface area contributed by atoms with E-state index in [1.807, 2.05) is 27.7 Å². The summed E-state index contributed by atoms with van der Waals surface area (Å²) in [5.74, 6) is 0.690. The van der Waals surface area contributed by atoms with Crippen LogP contribution in [0, 0.1) is 5.92 Å². The van der Waals surface area contributed by atoms with Gasteiger partial charge in [-0.25, -0.2) is 8.42 Å². The molecule has 7 heteroatoms. The van der Waals surface area contributed by atoms with E-state index < -0.39 is 10.0 Å². The summed E-state index contributed by atoms with van der Waals surface area (Å²) >= 11 is 3.15. The monoisotopic (exact) mass is 352 g/mol. The second-order valence-electron chi connectivity index (χ2n) is 5.12.